The molecule has 1 aromatic carbocycles. The number of ether oxygens (including phenoxy) is 1. The van der Waals surface area contributed by atoms with Gasteiger partial charge in [-0.2, -0.15) is 5.10 Å². The summed E-state index contributed by atoms with van der Waals surface area (Å²) >= 11 is 12.5. The van der Waals surface area contributed by atoms with Crippen molar-refractivity contribution in [3.05, 3.63) is 48.8 Å². The first-order valence-electron chi connectivity index (χ1n) is 6.35. The van der Waals surface area contributed by atoms with Crippen LogP contribution in [-0.4, -0.2) is 35.3 Å². The van der Waals surface area contributed by atoms with Gasteiger partial charge in [-0.1, -0.05) is 23.2 Å². The fourth-order valence-electron chi connectivity index (χ4n) is 1.60. The third kappa shape index (κ3) is 4.78. The van der Waals surface area contributed by atoms with Crippen LogP contribution in [0, 0.1) is 10.1 Å². The Morgan fingerprint density at radius 1 is 1.40 bits per heavy atom. The van der Waals surface area contributed by atoms with Crippen LogP contribution in [0.4, 0.5) is 5.69 Å². The first-order valence-corrected chi connectivity index (χ1v) is 7.92. The van der Waals surface area contributed by atoms with Gasteiger partial charge < -0.3 is 4.74 Å². The van der Waals surface area contributed by atoms with Crippen LogP contribution in [0.2, 0.25) is 10.0 Å². The number of nitrogens with one attached hydrogen (secondary N) is 1. The lowest BCUT2D eigenvalue weighted by Gasteiger charge is -1.99. The smallest absolute Gasteiger partial charge is 0.331 e. The molecule has 1 aliphatic rings. The fraction of sp³-hybridized carbons (Fsp3) is 0.0769. The summed E-state index contributed by atoms with van der Waals surface area (Å²) in [4.78, 5) is 33.2. The van der Waals surface area contributed by atoms with E-state index in [1.54, 1.807) is 0 Å². The van der Waals surface area contributed by atoms with Gasteiger partial charge in [0.15, 0.2) is 5.17 Å². The van der Waals surface area contributed by atoms with Crippen molar-refractivity contribution >= 4 is 63.9 Å². The predicted octanol–water partition coefficient (Wildman–Crippen LogP) is 2.51. The van der Waals surface area contributed by atoms with Crippen molar-refractivity contribution < 1.29 is 19.2 Å². The quantitative estimate of drug-likeness (QED) is 0.271. The van der Waals surface area contributed by atoms with E-state index in [0.717, 1.165) is 30.1 Å². The molecule has 12 heteroatoms. The molecular weight excluding hydrogens is 395 g/mol. The molecule has 1 N–H and O–H groups in total. The molecular formula is C13H8Cl2N4O5S. The maximum atomic E-state index is 11.6. The standard InChI is InChI=1S/C13H8Cl2N4O5S/c1-24-11(20)4-10-12(21)17-13(25-10)18-16-5-6-2-7(14)8(15)3-9(6)19(22)23/h2-5H,1H3,(H,17,18,21)/b10-4+,16-5?. The number of hydrogen-bond acceptors (Lipinski definition) is 8. The van der Waals surface area contributed by atoms with Crippen LogP contribution in [0.3, 0.4) is 0 Å². The summed E-state index contributed by atoms with van der Waals surface area (Å²) in [5.41, 5.74) is -0.212. The number of hydrogen-bond donors (Lipinski definition) is 1. The van der Waals surface area contributed by atoms with Crippen molar-refractivity contribution in [3.8, 4) is 0 Å². The summed E-state index contributed by atoms with van der Waals surface area (Å²) in [5, 5.41) is 21.1. The van der Waals surface area contributed by atoms with Gasteiger partial charge in [-0.05, 0) is 17.8 Å². The summed E-state index contributed by atoms with van der Waals surface area (Å²) in [6, 6.07) is 2.37. The largest absolute Gasteiger partial charge is 0.466 e. The highest BCUT2D eigenvalue weighted by atomic mass is 35.5. The molecule has 1 heterocycles. The highest BCUT2D eigenvalue weighted by Gasteiger charge is 2.25. The highest BCUT2D eigenvalue weighted by Crippen LogP contribution is 2.29. The molecule has 0 atom stereocenters. The number of esters is 1. The SMILES string of the molecule is COC(=O)/C=C1/S/C(=N\N=Cc2cc(Cl)c(Cl)cc2[N+](=O)[O-])NC1=O. The van der Waals surface area contributed by atoms with Gasteiger partial charge in [0.1, 0.15) is 0 Å². The third-order valence-electron chi connectivity index (χ3n) is 2.71. The van der Waals surface area contributed by atoms with Gasteiger partial charge in [-0.25, -0.2) is 4.79 Å². The summed E-state index contributed by atoms with van der Waals surface area (Å²) in [5.74, 6) is -1.22. The topological polar surface area (TPSA) is 123 Å². The van der Waals surface area contributed by atoms with Crippen LogP contribution in [-0.2, 0) is 14.3 Å². The molecule has 2 rings (SSSR count). The number of amidine groups is 1. The first-order chi connectivity index (χ1) is 11.8. The molecule has 1 fully saturated rings. The van der Waals surface area contributed by atoms with E-state index in [9.17, 15) is 19.7 Å². The summed E-state index contributed by atoms with van der Waals surface area (Å²) in [6.45, 7) is 0. The lowest BCUT2D eigenvalue weighted by Crippen LogP contribution is -2.19. The molecule has 9 nitrogen and oxygen atoms in total. The van der Waals surface area contributed by atoms with E-state index in [2.05, 4.69) is 20.3 Å². The van der Waals surface area contributed by atoms with Crippen LogP contribution in [0.5, 0.6) is 0 Å². The van der Waals surface area contributed by atoms with E-state index >= 15 is 0 Å². The first kappa shape index (κ1) is 18.9. The van der Waals surface area contributed by atoms with Crippen molar-refractivity contribution in [2.45, 2.75) is 0 Å². The number of thioether (sulfide) groups is 1. The third-order valence-corrected chi connectivity index (χ3v) is 4.34. The molecule has 0 radical (unpaired) electrons. The summed E-state index contributed by atoms with van der Waals surface area (Å²) in [6.07, 6.45) is 2.11. The molecule has 1 amide bonds. The maximum absolute atomic E-state index is 11.6. The van der Waals surface area contributed by atoms with E-state index < -0.39 is 16.8 Å². The molecule has 1 aromatic rings. The Balaban J connectivity index is 2.21. The zero-order valence-electron chi connectivity index (χ0n) is 12.4. The van der Waals surface area contributed by atoms with Gasteiger partial charge in [-0.15, -0.1) is 5.10 Å². The van der Waals surface area contributed by atoms with Gasteiger partial charge in [0.25, 0.3) is 11.6 Å². The molecule has 1 aliphatic heterocycles. The van der Waals surface area contributed by atoms with Gasteiger partial charge in [0, 0.05) is 12.1 Å². The number of benzene rings is 1. The molecule has 0 saturated carbocycles. The number of halogens is 2. The minimum Gasteiger partial charge on any atom is -0.466 e. The highest BCUT2D eigenvalue weighted by molar-refractivity contribution is 8.18. The van der Waals surface area contributed by atoms with Gasteiger partial charge >= 0.3 is 5.97 Å². The molecule has 0 unspecified atom stereocenters. The van der Waals surface area contributed by atoms with Crippen LogP contribution < -0.4 is 5.32 Å². The van der Waals surface area contributed by atoms with E-state index in [4.69, 9.17) is 23.2 Å². The lowest BCUT2D eigenvalue weighted by molar-refractivity contribution is -0.385. The molecule has 1 saturated heterocycles. The number of rotatable bonds is 4. The minimum atomic E-state index is -0.686. The fourth-order valence-corrected chi connectivity index (χ4v) is 2.67. The summed E-state index contributed by atoms with van der Waals surface area (Å²) in [7, 11) is 1.18. The van der Waals surface area contributed by atoms with E-state index in [1.165, 1.54) is 13.2 Å². The number of carbonyl (C=O) groups is 2. The van der Waals surface area contributed by atoms with Crippen molar-refractivity contribution in [1.29, 1.82) is 0 Å². The second-order valence-corrected chi connectivity index (χ2v) is 6.16. The number of nitro benzene ring substituents is 1. The molecule has 25 heavy (non-hydrogen) atoms. The Morgan fingerprint density at radius 3 is 2.72 bits per heavy atom. The minimum absolute atomic E-state index is 0.0352. The van der Waals surface area contributed by atoms with Crippen molar-refractivity contribution in [3.63, 3.8) is 0 Å². The lowest BCUT2D eigenvalue weighted by atomic mass is 10.2. The predicted molar refractivity (Wildman–Crippen MR) is 94.0 cm³/mol. The van der Waals surface area contributed by atoms with E-state index in [0.29, 0.717) is 0 Å². The van der Waals surface area contributed by atoms with Crippen molar-refractivity contribution in [2.24, 2.45) is 10.2 Å². The second kappa shape index (κ2) is 8.10. The van der Waals surface area contributed by atoms with Crippen LogP contribution in [0.25, 0.3) is 0 Å². The van der Waals surface area contributed by atoms with Gasteiger partial charge in [-0.3, -0.25) is 20.2 Å². The normalized spacial score (nSPS) is 17.3. The Labute approximate surface area is 154 Å². The zero-order valence-corrected chi connectivity index (χ0v) is 14.7. The summed E-state index contributed by atoms with van der Waals surface area (Å²) < 4.78 is 4.43. The monoisotopic (exact) mass is 402 g/mol. The number of carbonyl (C=O) groups excluding carboxylic acids is 2. The Bertz CT molecular complexity index is 853. The molecule has 0 aromatic heterocycles. The average molecular weight is 403 g/mol. The molecule has 0 spiro atoms. The zero-order chi connectivity index (χ0) is 18.6. The van der Waals surface area contributed by atoms with E-state index in [1.807, 2.05) is 0 Å². The van der Waals surface area contributed by atoms with Crippen molar-refractivity contribution in [2.75, 3.05) is 7.11 Å². The van der Waals surface area contributed by atoms with Crippen LogP contribution >= 0.6 is 35.0 Å². The maximum Gasteiger partial charge on any atom is 0.331 e. The van der Waals surface area contributed by atoms with E-state index in [-0.39, 0.29) is 31.4 Å². The van der Waals surface area contributed by atoms with Gasteiger partial charge in [0.05, 0.1) is 38.8 Å². The molecule has 0 aliphatic carbocycles. The van der Waals surface area contributed by atoms with Gasteiger partial charge in [0.2, 0.25) is 0 Å². The Morgan fingerprint density at radius 2 is 2.08 bits per heavy atom. The van der Waals surface area contributed by atoms with Crippen molar-refractivity contribution in [1.82, 2.24) is 5.32 Å². The number of amides is 1. The number of methoxy groups -OCH3 is 1. The van der Waals surface area contributed by atoms with Crippen LogP contribution in [0.15, 0.2) is 33.3 Å². The number of nitro groups is 1. The Hall–Kier alpha value is -2.43. The Kier molecular flexibility index (Phi) is 6.12. The second-order valence-electron chi connectivity index (χ2n) is 4.32. The van der Waals surface area contributed by atoms with Crippen LogP contribution in [0.1, 0.15) is 5.56 Å². The number of nitrogens with zero attached hydrogens (tertiary/aromatic N) is 3. The average Bonchev–Trinajstić information content (AvgIpc) is 2.89. The molecule has 0 bridgehead atoms. The molecule has 130 valence electrons.